The number of hydrogen-bond donors (Lipinski definition) is 1. The third-order valence-electron chi connectivity index (χ3n) is 8.93. The van der Waals surface area contributed by atoms with Gasteiger partial charge in [0, 0.05) is 48.7 Å². The number of sulfonamides is 1. The van der Waals surface area contributed by atoms with E-state index in [1.54, 1.807) is 24.3 Å². The highest BCUT2D eigenvalue weighted by Gasteiger charge is 2.37. The van der Waals surface area contributed by atoms with Gasteiger partial charge in [0.25, 0.3) is 0 Å². The first kappa shape index (κ1) is 33.9. The Morgan fingerprint density at radius 2 is 1.63 bits per heavy atom. The SMILES string of the molecule is CCOc1ccc(S(=O)(=O)N2Cc3ccc(-c4c(C)nc(C)c([C@H](OC(C)(C)C)C(=O)O)c4N4CCC(C)(C)CC4)cc3C2)cc1. The van der Waals surface area contributed by atoms with Crippen LogP contribution >= 0.6 is 0 Å². The highest BCUT2D eigenvalue weighted by molar-refractivity contribution is 7.89. The van der Waals surface area contributed by atoms with E-state index in [2.05, 4.69) is 18.7 Å². The van der Waals surface area contributed by atoms with Crippen molar-refractivity contribution >= 4 is 21.7 Å². The lowest BCUT2D eigenvalue weighted by Gasteiger charge is -2.41. The molecule has 2 aliphatic rings. The number of carboxylic acid groups (broad SMARTS) is 1. The molecule has 1 fully saturated rings. The van der Waals surface area contributed by atoms with Gasteiger partial charge in [-0.3, -0.25) is 4.98 Å². The Morgan fingerprint density at radius 3 is 2.22 bits per heavy atom. The summed E-state index contributed by atoms with van der Waals surface area (Å²) in [5.41, 5.74) is 5.92. The molecule has 0 aliphatic carbocycles. The molecule has 0 saturated carbocycles. The third-order valence-corrected chi connectivity index (χ3v) is 10.7. The van der Waals surface area contributed by atoms with E-state index < -0.39 is 27.7 Å². The molecule has 2 aliphatic heterocycles. The Balaban J connectivity index is 1.59. The molecule has 0 radical (unpaired) electrons. The van der Waals surface area contributed by atoms with Crippen molar-refractivity contribution in [3.05, 3.63) is 70.5 Å². The average molecular weight is 650 g/mol. The van der Waals surface area contributed by atoms with Gasteiger partial charge in [0.1, 0.15) is 5.75 Å². The number of pyridine rings is 1. The van der Waals surface area contributed by atoms with Crippen LogP contribution in [-0.4, -0.2) is 54.1 Å². The smallest absolute Gasteiger partial charge is 0.337 e. The van der Waals surface area contributed by atoms with Crippen molar-refractivity contribution < 1.29 is 27.8 Å². The first-order valence-electron chi connectivity index (χ1n) is 16.0. The summed E-state index contributed by atoms with van der Waals surface area (Å²) < 4.78 is 40.4. The highest BCUT2D eigenvalue weighted by Crippen LogP contribution is 2.45. The van der Waals surface area contributed by atoms with Crippen LogP contribution in [0.3, 0.4) is 0 Å². The van der Waals surface area contributed by atoms with Crippen molar-refractivity contribution in [2.24, 2.45) is 5.41 Å². The zero-order valence-corrected chi connectivity index (χ0v) is 29.1. The van der Waals surface area contributed by atoms with Gasteiger partial charge in [0.15, 0.2) is 6.10 Å². The fourth-order valence-electron chi connectivity index (χ4n) is 6.47. The van der Waals surface area contributed by atoms with Gasteiger partial charge in [0.2, 0.25) is 10.0 Å². The molecule has 5 rings (SSSR count). The standard InChI is InChI=1S/C36H47N3O6S/c1-9-44-28-12-14-29(15-13-28)46(42,43)39-21-26-11-10-25(20-27(26)22-39)30-23(2)37-24(3)31(33(34(40)41)45-35(4,5)6)32(30)38-18-16-36(7,8)17-19-38/h10-15,20,33H,9,16-19,21-22H2,1-8H3,(H,40,41)/t33-/m0/s1. The monoisotopic (exact) mass is 649 g/mol. The summed E-state index contributed by atoms with van der Waals surface area (Å²) in [7, 11) is -3.74. The van der Waals surface area contributed by atoms with E-state index in [0.717, 1.165) is 59.6 Å². The number of hydrogen-bond acceptors (Lipinski definition) is 7. The lowest BCUT2D eigenvalue weighted by Crippen LogP contribution is -2.39. The van der Waals surface area contributed by atoms with Gasteiger partial charge in [-0.25, -0.2) is 13.2 Å². The summed E-state index contributed by atoms with van der Waals surface area (Å²) in [6.45, 7) is 18.4. The largest absolute Gasteiger partial charge is 0.494 e. The summed E-state index contributed by atoms with van der Waals surface area (Å²) in [6, 6.07) is 12.6. The maximum atomic E-state index is 13.6. The number of ether oxygens (including phenoxy) is 2. The van der Waals surface area contributed by atoms with E-state index >= 15 is 0 Å². The first-order valence-corrected chi connectivity index (χ1v) is 17.5. The van der Waals surface area contributed by atoms with Crippen molar-refractivity contribution in [1.29, 1.82) is 0 Å². The van der Waals surface area contributed by atoms with Crippen LogP contribution in [0.25, 0.3) is 11.1 Å². The van der Waals surface area contributed by atoms with E-state index in [1.165, 1.54) is 4.31 Å². The van der Waals surface area contributed by atoms with Crippen LogP contribution in [-0.2, 0) is 32.6 Å². The van der Waals surface area contributed by atoms with E-state index in [-0.39, 0.29) is 23.4 Å². The average Bonchev–Trinajstić information content (AvgIpc) is 3.40. The Hall–Kier alpha value is -3.47. The fourth-order valence-corrected chi connectivity index (χ4v) is 7.86. The number of rotatable bonds is 9. The highest BCUT2D eigenvalue weighted by atomic mass is 32.2. The predicted octanol–water partition coefficient (Wildman–Crippen LogP) is 7.04. The summed E-state index contributed by atoms with van der Waals surface area (Å²) in [6.07, 6.45) is 0.723. The predicted molar refractivity (Wildman–Crippen MR) is 180 cm³/mol. The second-order valence-electron chi connectivity index (χ2n) is 14.2. The Labute approximate surface area is 273 Å². The number of nitrogens with zero attached hydrogens (tertiary/aromatic N) is 3. The summed E-state index contributed by atoms with van der Waals surface area (Å²) in [4.78, 5) is 20.2. The number of aromatic nitrogens is 1. The van der Waals surface area contributed by atoms with Gasteiger partial charge in [-0.1, -0.05) is 26.0 Å². The molecule has 2 aromatic carbocycles. The number of carboxylic acids is 1. The molecule has 3 heterocycles. The minimum atomic E-state index is -3.74. The van der Waals surface area contributed by atoms with Crippen LogP contribution in [0.5, 0.6) is 5.75 Å². The van der Waals surface area contributed by atoms with Gasteiger partial charge in [-0.15, -0.1) is 0 Å². The van der Waals surface area contributed by atoms with E-state index in [9.17, 15) is 18.3 Å². The maximum absolute atomic E-state index is 13.6. The maximum Gasteiger partial charge on any atom is 0.337 e. The van der Waals surface area contributed by atoms with Gasteiger partial charge in [0.05, 0.1) is 22.8 Å². The Bertz CT molecular complexity index is 1720. The minimum Gasteiger partial charge on any atom is -0.494 e. The van der Waals surface area contributed by atoms with E-state index in [0.29, 0.717) is 23.6 Å². The Kier molecular flexibility index (Phi) is 9.29. The fraction of sp³-hybridized carbons (Fsp3) is 0.500. The van der Waals surface area contributed by atoms with Crippen molar-refractivity contribution in [2.45, 2.75) is 97.9 Å². The molecule has 1 saturated heterocycles. The molecule has 3 aromatic rings. The van der Waals surface area contributed by atoms with E-state index in [4.69, 9.17) is 14.5 Å². The van der Waals surface area contributed by atoms with Crippen LogP contribution in [0.2, 0.25) is 0 Å². The summed E-state index contributed by atoms with van der Waals surface area (Å²) in [5, 5.41) is 10.5. The molecule has 0 unspecified atom stereocenters. The molecule has 1 aromatic heterocycles. The van der Waals surface area contributed by atoms with Crippen LogP contribution in [0.4, 0.5) is 5.69 Å². The number of fused-ring (bicyclic) bond motifs is 1. The number of anilines is 1. The van der Waals surface area contributed by atoms with E-state index in [1.807, 2.05) is 59.7 Å². The zero-order valence-electron chi connectivity index (χ0n) is 28.3. The van der Waals surface area contributed by atoms with Crippen LogP contribution in [0, 0.1) is 19.3 Å². The van der Waals surface area contributed by atoms with Gasteiger partial charge >= 0.3 is 5.97 Å². The number of benzene rings is 2. The number of aryl methyl sites for hydroxylation is 2. The van der Waals surface area contributed by atoms with Crippen molar-refractivity contribution in [1.82, 2.24) is 9.29 Å². The topological polar surface area (TPSA) is 109 Å². The molecule has 0 spiro atoms. The second kappa shape index (κ2) is 12.6. The molecule has 0 bridgehead atoms. The van der Waals surface area contributed by atoms with Gasteiger partial charge < -0.3 is 19.5 Å². The normalized spacial score (nSPS) is 17.5. The number of carbonyl (C=O) groups is 1. The number of piperidine rings is 1. The van der Waals surface area contributed by atoms with Crippen molar-refractivity contribution in [3.8, 4) is 16.9 Å². The second-order valence-corrected chi connectivity index (χ2v) is 16.1. The third kappa shape index (κ3) is 6.94. The summed E-state index contributed by atoms with van der Waals surface area (Å²) >= 11 is 0. The quantitative estimate of drug-likeness (QED) is 0.263. The molecule has 1 atom stereocenters. The van der Waals surface area contributed by atoms with Crippen LogP contribution < -0.4 is 9.64 Å². The lowest BCUT2D eigenvalue weighted by molar-refractivity contribution is -0.160. The molecular formula is C36H47N3O6S. The van der Waals surface area contributed by atoms with Crippen LogP contribution in [0.15, 0.2) is 47.4 Å². The molecular weight excluding hydrogens is 602 g/mol. The number of aliphatic carboxylic acids is 1. The van der Waals surface area contributed by atoms with Gasteiger partial charge in [-0.05, 0) is 107 Å². The summed E-state index contributed by atoms with van der Waals surface area (Å²) in [5.74, 6) is -0.430. The molecule has 10 heteroatoms. The molecule has 248 valence electrons. The first-order chi connectivity index (χ1) is 21.5. The van der Waals surface area contributed by atoms with Crippen LogP contribution in [0.1, 0.15) is 88.6 Å². The Morgan fingerprint density at radius 1 is 1.00 bits per heavy atom. The van der Waals surface area contributed by atoms with Crippen molar-refractivity contribution in [2.75, 3.05) is 24.6 Å². The molecule has 1 N–H and O–H groups in total. The zero-order chi connectivity index (χ0) is 33.6. The van der Waals surface area contributed by atoms with Crippen molar-refractivity contribution in [3.63, 3.8) is 0 Å². The van der Waals surface area contributed by atoms with Gasteiger partial charge in [-0.2, -0.15) is 4.31 Å². The molecule has 0 amide bonds. The molecule has 46 heavy (non-hydrogen) atoms. The molecule has 9 nitrogen and oxygen atoms in total. The minimum absolute atomic E-state index is 0.188. The lowest BCUT2D eigenvalue weighted by atomic mass is 9.81.